The molecule has 2 aromatic rings. The number of carbonyl (C=O) groups is 1. The molecule has 0 spiro atoms. The van der Waals surface area contributed by atoms with Gasteiger partial charge in [0.05, 0.1) is 0 Å². The van der Waals surface area contributed by atoms with E-state index in [-0.39, 0.29) is 18.0 Å². The molecule has 1 aliphatic rings. The Kier molecular flexibility index (Phi) is 6.31. The van der Waals surface area contributed by atoms with E-state index in [2.05, 4.69) is 22.1 Å². The molecule has 7 heteroatoms. The third-order valence-electron chi connectivity index (χ3n) is 5.63. The zero-order chi connectivity index (χ0) is 19.4. The molecule has 0 radical (unpaired) electrons. The van der Waals surface area contributed by atoms with Gasteiger partial charge < -0.3 is 14.6 Å². The third kappa shape index (κ3) is 4.40. The zero-order valence-corrected chi connectivity index (χ0v) is 16.6. The summed E-state index contributed by atoms with van der Waals surface area (Å²) in [5.41, 5.74) is 0.881. The summed E-state index contributed by atoms with van der Waals surface area (Å²) in [7, 11) is 0. The Morgan fingerprint density at radius 2 is 2.19 bits per heavy atom. The fourth-order valence-corrected chi connectivity index (χ4v) is 3.92. The largest absolute Gasteiger partial charge is 0.443 e. The van der Waals surface area contributed by atoms with Gasteiger partial charge in [-0.05, 0) is 46.1 Å². The fourth-order valence-electron chi connectivity index (χ4n) is 3.92. The van der Waals surface area contributed by atoms with Crippen molar-refractivity contribution in [3.05, 3.63) is 28.0 Å². The number of hydrogen-bond acceptors (Lipinski definition) is 5. The lowest BCUT2D eigenvalue weighted by atomic mass is 10.00. The summed E-state index contributed by atoms with van der Waals surface area (Å²) in [5.74, 6) is 0.515. The Balaban J connectivity index is 1.51. The third-order valence-corrected chi connectivity index (χ3v) is 5.63. The minimum atomic E-state index is -0.233. The summed E-state index contributed by atoms with van der Waals surface area (Å²) in [5, 5.41) is 3.38. The van der Waals surface area contributed by atoms with E-state index in [1.54, 1.807) is 6.92 Å². The van der Waals surface area contributed by atoms with Gasteiger partial charge in [-0.3, -0.25) is 14.2 Å². The predicted octanol–water partition coefficient (Wildman–Crippen LogP) is 2.38. The van der Waals surface area contributed by atoms with Crippen molar-refractivity contribution in [3.8, 4) is 0 Å². The van der Waals surface area contributed by atoms with Crippen molar-refractivity contribution in [2.24, 2.45) is 0 Å². The Morgan fingerprint density at radius 1 is 1.37 bits per heavy atom. The van der Waals surface area contributed by atoms with Gasteiger partial charge in [-0.2, -0.15) is 0 Å². The van der Waals surface area contributed by atoms with Crippen LogP contribution in [0.2, 0.25) is 0 Å². The van der Waals surface area contributed by atoms with Gasteiger partial charge in [0.2, 0.25) is 11.6 Å². The monoisotopic (exact) mass is 374 g/mol. The molecule has 1 atom stereocenters. The molecular weight excluding hydrogens is 344 g/mol. The number of carbonyl (C=O) groups excluding carboxylic acids is 1. The number of nitrogens with one attached hydrogen (secondary N) is 1. The molecule has 1 aliphatic heterocycles. The van der Waals surface area contributed by atoms with Crippen LogP contribution in [0.25, 0.3) is 11.1 Å². The second-order valence-corrected chi connectivity index (χ2v) is 7.44. The average molecular weight is 374 g/mol. The predicted molar refractivity (Wildman–Crippen MR) is 105 cm³/mol. The first-order valence-corrected chi connectivity index (χ1v) is 9.97. The standard InChI is InChI=1S/C20H30N4O3/c1-4-16-8-5-6-10-23(16)11-7-9-21-17(25)12-24-13-22-19-18(20(24)26)14(2)15(3)27-19/h13,16H,4-12H2,1-3H3,(H,21,25). The number of rotatable bonds is 7. The number of furan rings is 1. The van der Waals surface area contributed by atoms with Gasteiger partial charge >= 0.3 is 0 Å². The Labute approximate surface area is 159 Å². The maximum absolute atomic E-state index is 12.6. The lowest BCUT2D eigenvalue weighted by Crippen LogP contribution is -2.41. The molecule has 7 nitrogen and oxygen atoms in total. The molecule has 1 unspecified atom stereocenters. The van der Waals surface area contributed by atoms with Crippen LogP contribution in [0.1, 0.15) is 50.4 Å². The number of amides is 1. The molecule has 1 amide bonds. The van der Waals surface area contributed by atoms with Crippen molar-refractivity contribution >= 4 is 17.0 Å². The van der Waals surface area contributed by atoms with Crippen LogP contribution in [0.15, 0.2) is 15.5 Å². The van der Waals surface area contributed by atoms with E-state index in [9.17, 15) is 9.59 Å². The second kappa shape index (κ2) is 8.69. The summed E-state index contributed by atoms with van der Waals surface area (Å²) in [6.07, 6.45) is 7.38. The van der Waals surface area contributed by atoms with E-state index in [1.807, 2.05) is 6.92 Å². The summed E-state index contributed by atoms with van der Waals surface area (Å²) < 4.78 is 6.81. The van der Waals surface area contributed by atoms with Crippen molar-refractivity contribution < 1.29 is 9.21 Å². The Morgan fingerprint density at radius 3 is 2.96 bits per heavy atom. The molecule has 1 fully saturated rings. The summed E-state index contributed by atoms with van der Waals surface area (Å²) >= 11 is 0. The molecule has 3 heterocycles. The first-order chi connectivity index (χ1) is 13.0. The van der Waals surface area contributed by atoms with Gasteiger partial charge in [-0.25, -0.2) is 4.98 Å². The molecule has 0 saturated carbocycles. The topological polar surface area (TPSA) is 80.4 Å². The smallest absolute Gasteiger partial charge is 0.265 e. The highest BCUT2D eigenvalue weighted by molar-refractivity contribution is 5.79. The van der Waals surface area contributed by atoms with Crippen LogP contribution in [0.3, 0.4) is 0 Å². The second-order valence-electron chi connectivity index (χ2n) is 7.44. The van der Waals surface area contributed by atoms with E-state index in [4.69, 9.17) is 4.42 Å². The number of aromatic nitrogens is 2. The number of likely N-dealkylation sites (tertiary alicyclic amines) is 1. The molecular formula is C20H30N4O3. The lowest BCUT2D eigenvalue weighted by molar-refractivity contribution is -0.121. The number of hydrogen-bond donors (Lipinski definition) is 1. The molecule has 0 aromatic carbocycles. The van der Waals surface area contributed by atoms with Crippen LogP contribution < -0.4 is 10.9 Å². The van der Waals surface area contributed by atoms with Crippen molar-refractivity contribution in [3.63, 3.8) is 0 Å². The fraction of sp³-hybridized carbons (Fsp3) is 0.650. The van der Waals surface area contributed by atoms with Gasteiger partial charge in [-0.1, -0.05) is 13.3 Å². The molecule has 27 heavy (non-hydrogen) atoms. The van der Waals surface area contributed by atoms with Gasteiger partial charge in [0.1, 0.15) is 24.0 Å². The lowest BCUT2D eigenvalue weighted by Gasteiger charge is -2.35. The van der Waals surface area contributed by atoms with Crippen molar-refractivity contribution in [2.45, 2.75) is 65.5 Å². The average Bonchev–Trinajstić information content (AvgIpc) is 2.96. The van der Waals surface area contributed by atoms with E-state index in [1.165, 1.54) is 36.6 Å². The molecule has 1 saturated heterocycles. The van der Waals surface area contributed by atoms with Crippen LogP contribution in [-0.4, -0.2) is 46.0 Å². The highest BCUT2D eigenvalue weighted by Crippen LogP contribution is 2.20. The van der Waals surface area contributed by atoms with E-state index >= 15 is 0 Å². The summed E-state index contributed by atoms with van der Waals surface area (Å²) in [4.78, 5) is 31.5. The van der Waals surface area contributed by atoms with Gasteiger partial charge in [0, 0.05) is 24.7 Å². The minimum Gasteiger partial charge on any atom is -0.443 e. The first kappa shape index (κ1) is 19.6. The highest BCUT2D eigenvalue weighted by Gasteiger charge is 2.20. The molecule has 3 rings (SSSR count). The molecule has 148 valence electrons. The van der Waals surface area contributed by atoms with Crippen molar-refractivity contribution in [1.29, 1.82) is 0 Å². The van der Waals surface area contributed by atoms with E-state index in [0.29, 0.717) is 29.4 Å². The summed E-state index contributed by atoms with van der Waals surface area (Å²) in [6.45, 7) is 8.66. The van der Waals surface area contributed by atoms with Gasteiger partial charge in [-0.15, -0.1) is 0 Å². The molecule has 1 N–H and O–H groups in total. The van der Waals surface area contributed by atoms with E-state index in [0.717, 1.165) is 25.1 Å². The number of aryl methyl sites for hydroxylation is 2. The van der Waals surface area contributed by atoms with Crippen LogP contribution in [-0.2, 0) is 11.3 Å². The Bertz CT molecular complexity index is 855. The molecule has 0 aliphatic carbocycles. The van der Waals surface area contributed by atoms with Crippen molar-refractivity contribution in [2.75, 3.05) is 19.6 Å². The van der Waals surface area contributed by atoms with Crippen LogP contribution in [0.5, 0.6) is 0 Å². The maximum Gasteiger partial charge on any atom is 0.265 e. The molecule has 0 bridgehead atoms. The molecule has 2 aromatic heterocycles. The summed E-state index contributed by atoms with van der Waals surface area (Å²) in [6, 6.07) is 0.687. The van der Waals surface area contributed by atoms with Crippen LogP contribution in [0.4, 0.5) is 0 Å². The SMILES string of the molecule is CCC1CCCCN1CCCNC(=O)Cn1cnc2oc(C)c(C)c2c1=O. The van der Waals surface area contributed by atoms with Gasteiger partial charge in [0.15, 0.2) is 0 Å². The maximum atomic E-state index is 12.6. The van der Waals surface area contributed by atoms with E-state index < -0.39 is 0 Å². The van der Waals surface area contributed by atoms with Crippen LogP contribution in [0, 0.1) is 13.8 Å². The number of nitrogens with zero attached hydrogens (tertiary/aromatic N) is 3. The highest BCUT2D eigenvalue weighted by atomic mass is 16.3. The minimum absolute atomic E-state index is 0.0211. The first-order valence-electron chi connectivity index (χ1n) is 9.97. The Hall–Kier alpha value is -2.15. The normalized spacial score (nSPS) is 18.1. The van der Waals surface area contributed by atoms with Crippen LogP contribution >= 0.6 is 0 Å². The van der Waals surface area contributed by atoms with Crippen molar-refractivity contribution in [1.82, 2.24) is 19.8 Å². The number of fused-ring (bicyclic) bond motifs is 1. The quantitative estimate of drug-likeness (QED) is 0.753. The number of piperidine rings is 1. The zero-order valence-electron chi connectivity index (χ0n) is 16.6. The van der Waals surface area contributed by atoms with Gasteiger partial charge in [0.25, 0.3) is 5.56 Å².